The molecular weight excluding hydrogens is 280 g/mol. The van der Waals surface area contributed by atoms with Crippen molar-refractivity contribution < 1.29 is 9.90 Å². The maximum Gasteiger partial charge on any atom is 0.156 e. The van der Waals surface area contributed by atoms with Crippen LogP contribution in [0.2, 0.25) is 0 Å². The molecule has 0 saturated carbocycles. The average Bonchev–Trinajstić information content (AvgIpc) is 2.96. The highest BCUT2D eigenvalue weighted by Gasteiger charge is 2.41. The predicted octanol–water partition coefficient (Wildman–Crippen LogP) is 1.43. The summed E-state index contributed by atoms with van der Waals surface area (Å²) in [5.41, 5.74) is 3.59. The summed E-state index contributed by atoms with van der Waals surface area (Å²) in [5.74, 6) is 0.772. The second kappa shape index (κ2) is 4.78. The third kappa shape index (κ3) is 1.88. The molecule has 4 rings (SSSR count). The van der Waals surface area contributed by atoms with Gasteiger partial charge in [-0.25, -0.2) is 4.99 Å². The summed E-state index contributed by atoms with van der Waals surface area (Å²) in [7, 11) is 0. The van der Waals surface area contributed by atoms with Gasteiger partial charge in [0.1, 0.15) is 5.75 Å². The van der Waals surface area contributed by atoms with Crippen molar-refractivity contribution in [2.24, 2.45) is 10.9 Å². The average molecular weight is 296 g/mol. The number of aromatic amines is 1. The molecule has 2 aliphatic rings. The van der Waals surface area contributed by atoms with E-state index in [-0.39, 0.29) is 23.4 Å². The largest absolute Gasteiger partial charge is 0.508 e. The Morgan fingerprint density at radius 3 is 2.95 bits per heavy atom. The zero-order valence-electron chi connectivity index (χ0n) is 12.1. The van der Waals surface area contributed by atoms with Crippen molar-refractivity contribution in [3.05, 3.63) is 41.1 Å². The van der Waals surface area contributed by atoms with E-state index in [1.165, 1.54) is 0 Å². The van der Waals surface area contributed by atoms with Gasteiger partial charge in [0.25, 0.3) is 0 Å². The first kappa shape index (κ1) is 13.2. The Bertz CT molecular complexity index is 793. The van der Waals surface area contributed by atoms with Crippen LogP contribution >= 0.6 is 0 Å². The van der Waals surface area contributed by atoms with Crippen LogP contribution in [0.15, 0.2) is 29.4 Å². The number of piperidine rings is 1. The van der Waals surface area contributed by atoms with E-state index in [2.05, 4.69) is 20.5 Å². The van der Waals surface area contributed by atoms with Crippen LogP contribution < -0.4 is 5.32 Å². The van der Waals surface area contributed by atoms with Gasteiger partial charge < -0.3 is 10.4 Å². The Labute approximate surface area is 127 Å². The second-order valence-electron chi connectivity index (χ2n) is 5.85. The molecule has 0 aliphatic carbocycles. The topological polar surface area (TPSA) is 90.4 Å². The molecule has 1 fully saturated rings. The Morgan fingerprint density at radius 2 is 2.14 bits per heavy atom. The van der Waals surface area contributed by atoms with Crippen molar-refractivity contribution >= 4 is 17.3 Å². The number of hydrogen-bond acceptors (Lipinski definition) is 5. The molecule has 112 valence electrons. The lowest BCUT2D eigenvalue weighted by molar-refractivity contribution is -0.120. The van der Waals surface area contributed by atoms with E-state index in [9.17, 15) is 9.90 Å². The van der Waals surface area contributed by atoms with Gasteiger partial charge in [0.05, 0.1) is 18.7 Å². The van der Waals surface area contributed by atoms with E-state index in [1.807, 2.05) is 19.1 Å². The first-order valence-corrected chi connectivity index (χ1v) is 7.29. The highest BCUT2D eigenvalue weighted by Crippen LogP contribution is 2.42. The number of fused-ring (bicyclic) bond motifs is 2. The number of aromatic hydroxyl groups is 1. The van der Waals surface area contributed by atoms with Crippen LogP contribution in [0.5, 0.6) is 5.75 Å². The molecule has 6 heteroatoms. The molecule has 2 aromatic rings. The van der Waals surface area contributed by atoms with Gasteiger partial charge in [0.15, 0.2) is 11.6 Å². The lowest BCUT2D eigenvalue weighted by atomic mass is 9.73. The van der Waals surface area contributed by atoms with Gasteiger partial charge >= 0.3 is 0 Å². The van der Waals surface area contributed by atoms with E-state index in [0.29, 0.717) is 13.1 Å². The van der Waals surface area contributed by atoms with Crippen LogP contribution in [0, 0.1) is 12.8 Å². The van der Waals surface area contributed by atoms with Gasteiger partial charge in [-0.3, -0.25) is 9.89 Å². The Morgan fingerprint density at radius 1 is 1.27 bits per heavy atom. The molecule has 2 atom stereocenters. The quantitative estimate of drug-likeness (QED) is 0.742. The summed E-state index contributed by atoms with van der Waals surface area (Å²) in [6.45, 7) is 2.84. The number of carbonyl (C=O) groups is 1. The van der Waals surface area contributed by atoms with Crippen LogP contribution in [0.3, 0.4) is 0 Å². The number of hydrogen-bond donors (Lipinski definition) is 3. The molecule has 6 nitrogen and oxygen atoms in total. The van der Waals surface area contributed by atoms with Crippen LogP contribution in [0.25, 0.3) is 0 Å². The number of phenols is 1. The normalized spacial score (nSPS) is 23.7. The highest BCUT2D eigenvalue weighted by molar-refractivity contribution is 6.11. The molecule has 1 aromatic carbocycles. The van der Waals surface area contributed by atoms with Gasteiger partial charge in [-0.1, -0.05) is 12.1 Å². The Balaban J connectivity index is 1.90. The number of phenolic OH excluding ortho intramolecular Hbond substituents is 1. The number of Topliss-reactive ketones (excluding diaryl/α,β-unsaturated/α-hetero) is 1. The lowest BCUT2D eigenvalue weighted by Crippen LogP contribution is -2.48. The molecule has 0 bridgehead atoms. The van der Waals surface area contributed by atoms with Crippen molar-refractivity contribution in [1.29, 1.82) is 0 Å². The summed E-state index contributed by atoms with van der Waals surface area (Å²) >= 11 is 0. The Hall–Kier alpha value is -2.47. The van der Waals surface area contributed by atoms with Crippen molar-refractivity contribution in [2.75, 3.05) is 13.1 Å². The van der Waals surface area contributed by atoms with Gasteiger partial charge in [-0.2, -0.15) is 5.10 Å². The van der Waals surface area contributed by atoms with Crippen molar-refractivity contribution in [1.82, 2.24) is 15.5 Å². The molecule has 3 N–H and O–H groups in total. The number of aromatic nitrogens is 2. The minimum atomic E-state index is -0.254. The summed E-state index contributed by atoms with van der Waals surface area (Å²) in [4.78, 5) is 17.0. The maximum absolute atomic E-state index is 12.5. The molecule has 0 radical (unpaired) electrons. The molecule has 2 aliphatic heterocycles. The monoisotopic (exact) mass is 296 g/mol. The van der Waals surface area contributed by atoms with Crippen molar-refractivity contribution in [3.63, 3.8) is 0 Å². The molecule has 1 aromatic heterocycles. The lowest BCUT2D eigenvalue weighted by Gasteiger charge is -2.34. The molecule has 0 amide bonds. The minimum Gasteiger partial charge on any atom is -0.508 e. The fraction of sp³-hybridized carbons (Fsp3) is 0.312. The summed E-state index contributed by atoms with van der Waals surface area (Å²) in [5, 5.41) is 19.9. The van der Waals surface area contributed by atoms with Gasteiger partial charge in [-0.15, -0.1) is 0 Å². The van der Waals surface area contributed by atoms with Gasteiger partial charge in [0, 0.05) is 23.7 Å². The number of carbonyl (C=O) groups excluding carboxylic acids is 1. The number of aliphatic imine (C=N–C) groups is 1. The number of H-pyrrole nitrogens is 1. The van der Waals surface area contributed by atoms with E-state index >= 15 is 0 Å². The third-order valence-electron chi connectivity index (χ3n) is 4.46. The third-order valence-corrected chi connectivity index (χ3v) is 4.46. The Kier molecular flexibility index (Phi) is 2.87. The van der Waals surface area contributed by atoms with E-state index in [1.54, 1.807) is 12.3 Å². The van der Waals surface area contributed by atoms with Crippen LogP contribution in [0.1, 0.15) is 22.6 Å². The molecule has 1 saturated heterocycles. The number of aryl methyl sites for hydroxylation is 1. The number of nitrogens with zero attached hydrogens (tertiary/aromatic N) is 2. The number of rotatable bonds is 1. The van der Waals surface area contributed by atoms with E-state index in [4.69, 9.17) is 0 Å². The highest BCUT2D eigenvalue weighted by atomic mass is 16.3. The van der Waals surface area contributed by atoms with Crippen LogP contribution in [0.4, 0.5) is 5.82 Å². The predicted molar refractivity (Wildman–Crippen MR) is 81.7 cm³/mol. The number of nitrogens with one attached hydrogen (secondary N) is 2. The van der Waals surface area contributed by atoms with Crippen LogP contribution in [-0.2, 0) is 4.79 Å². The fourth-order valence-electron chi connectivity index (χ4n) is 3.38. The summed E-state index contributed by atoms with van der Waals surface area (Å²) in [6.07, 6.45) is 1.75. The maximum atomic E-state index is 12.5. The number of benzene rings is 1. The zero-order valence-corrected chi connectivity index (χ0v) is 12.1. The van der Waals surface area contributed by atoms with E-state index in [0.717, 1.165) is 28.2 Å². The molecule has 3 heterocycles. The van der Waals surface area contributed by atoms with Gasteiger partial charge in [0.2, 0.25) is 0 Å². The minimum absolute atomic E-state index is 0.102. The van der Waals surface area contributed by atoms with Gasteiger partial charge in [-0.05, 0) is 24.1 Å². The second-order valence-corrected chi connectivity index (χ2v) is 5.85. The molecular formula is C16H16N4O2. The van der Waals surface area contributed by atoms with E-state index < -0.39 is 0 Å². The first-order chi connectivity index (χ1) is 10.6. The molecule has 2 unspecified atom stereocenters. The summed E-state index contributed by atoms with van der Waals surface area (Å²) in [6, 6.07) is 5.50. The number of ketones is 1. The van der Waals surface area contributed by atoms with Crippen molar-refractivity contribution in [3.8, 4) is 5.75 Å². The summed E-state index contributed by atoms with van der Waals surface area (Å²) < 4.78 is 0. The van der Waals surface area contributed by atoms with Crippen LogP contribution in [-0.4, -0.2) is 39.9 Å². The van der Waals surface area contributed by atoms with Crippen molar-refractivity contribution in [2.45, 2.75) is 12.8 Å². The molecule has 0 spiro atoms. The molecule has 22 heavy (non-hydrogen) atoms. The zero-order chi connectivity index (χ0) is 15.3. The standard InChI is InChI=1S/C16H16N4O2/c1-8-4-9(2-3-12(8)21)14-10-5-18-20-16(10)19-11-6-17-7-13(22)15(11)14/h2-5,14-15,17,21H,6-7H2,1H3,(H,18,20). The SMILES string of the molecule is Cc1cc(C2c3cn[nH]c3N=C3CNCC(=O)C32)ccc1O. The first-order valence-electron chi connectivity index (χ1n) is 7.29. The smallest absolute Gasteiger partial charge is 0.156 e. The fourth-order valence-corrected chi connectivity index (χ4v) is 3.38.